The Kier molecular flexibility index (Phi) is 1.97. The number of rotatable bonds is 0. The Bertz CT molecular complexity index is 309. The van der Waals surface area contributed by atoms with Gasteiger partial charge in [-0.2, -0.15) is 0 Å². The first kappa shape index (κ1) is 8.27. The molecule has 1 N–H and O–H groups in total. The van der Waals surface area contributed by atoms with Crippen LogP contribution in [0.2, 0.25) is 0 Å². The fourth-order valence-electron chi connectivity index (χ4n) is 1.72. The molecular weight excluding hydrogens is 216 g/mol. The molecule has 0 saturated heterocycles. The average molecular weight is 227 g/mol. The summed E-state index contributed by atoms with van der Waals surface area (Å²) in [5.41, 5.74) is 3.63. The Morgan fingerprint density at radius 3 is 3.00 bits per heavy atom. The molecule has 1 aliphatic carbocycles. The summed E-state index contributed by atoms with van der Waals surface area (Å²) in [5.74, 6) is 0. The summed E-state index contributed by atoms with van der Waals surface area (Å²) in [5, 5.41) is 9.69. The maximum atomic E-state index is 9.69. The van der Waals surface area contributed by atoms with Crippen LogP contribution in [-0.2, 0) is 6.42 Å². The summed E-state index contributed by atoms with van der Waals surface area (Å²) in [6, 6.07) is 6.23. The minimum atomic E-state index is -0.319. The molecule has 1 aromatic carbocycles. The molecule has 0 aromatic heterocycles. The van der Waals surface area contributed by atoms with E-state index in [0.717, 1.165) is 12.0 Å². The Hall–Kier alpha value is -0.340. The molecule has 1 aliphatic rings. The van der Waals surface area contributed by atoms with E-state index < -0.39 is 0 Å². The van der Waals surface area contributed by atoms with Gasteiger partial charge in [-0.25, -0.2) is 0 Å². The number of benzene rings is 1. The molecule has 64 valence electrons. The summed E-state index contributed by atoms with van der Waals surface area (Å²) < 4.78 is 0. The first-order chi connectivity index (χ1) is 5.68. The average Bonchev–Trinajstić information content (AvgIpc) is 2.28. The van der Waals surface area contributed by atoms with Crippen LogP contribution in [0.15, 0.2) is 18.2 Å². The normalized spacial score (nSPS) is 27.2. The number of hydrogen-bond acceptors (Lipinski definition) is 1. The molecule has 0 amide bonds. The highest BCUT2D eigenvalue weighted by molar-refractivity contribution is 9.09. The zero-order valence-corrected chi connectivity index (χ0v) is 8.51. The first-order valence-corrected chi connectivity index (χ1v) is 5.01. The fourth-order valence-corrected chi connectivity index (χ4v) is 2.35. The Balaban J connectivity index is 2.47. The van der Waals surface area contributed by atoms with Crippen molar-refractivity contribution in [1.29, 1.82) is 0 Å². The van der Waals surface area contributed by atoms with Gasteiger partial charge in [0.2, 0.25) is 0 Å². The van der Waals surface area contributed by atoms with E-state index in [-0.39, 0.29) is 10.9 Å². The maximum Gasteiger partial charge on any atom is 0.0920 e. The van der Waals surface area contributed by atoms with Crippen molar-refractivity contribution in [2.24, 2.45) is 0 Å². The molecule has 0 bridgehead atoms. The lowest BCUT2D eigenvalue weighted by Gasteiger charge is -2.06. The molecule has 0 spiro atoms. The molecule has 0 heterocycles. The smallest absolute Gasteiger partial charge is 0.0920 e. The van der Waals surface area contributed by atoms with E-state index in [2.05, 4.69) is 28.9 Å². The van der Waals surface area contributed by atoms with E-state index >= 15 is 0 Å². The van der Waals surface area contributed by atoms with Gasteiger partial charge >= 0.3 is 0 Å². The van der Waals surface area contributed by atoms with Crippen molar-refractivity contribution >= 4 is 15.9 Å². The van der Waals surface area contributed by atoms with Crippen LogP contribution >= 0.6 is 15.9 Å². The van der Waals surface area contributed by atoms with Crippen LogP contribution in [0.3, 0.4) is 0 Å². The molecule has 2 heteroatoms. The third kappa shape index (κ3) is 1.19. The molecule has 12 heavy (non-hydrogen) atoms. The van der Waals surface area contributed by atoms with Gasteiger partial charge < -0.3 is 5.11 Å². The lowest BCUT2D eigenvalue weighted by atomic mass is 10.1. The molecular formula is C10H11BrO. The minimum Gasteiger partial charge on any atom is -0.387 e. The van der Waals surface area contributed by atoms with Crippen molar-refractivity contribution in [2.45, 2.75) is 24.3 Å². The molecule has 2 atom stereocenters. The van der Waals surface area contributed by atoms with Crippen LogP contribution in [0.4, 0.5) is 0 Å². The largest absolute Gasteiger partial charge is 0.387 e. The topological polar surface area (TPSA) is 20.2 Å². The van der Waals surface area contributed by atoms with E-state index in [1.54, 1.807) is 0 Å². The molecule has 1 nitrogen and oxygen atoms in total. The van der Waals surface area contributed by atoms with Gasteiger partial charge in [0.05, 0.1) is 6.10 Å². The van der Waals surface area contributed by atoms with Gasteiger partial charge in [0.15, 0.2) is 0 Å². The predicted octanol–water partition coefficient (Wildman–Crippen LogP) is 2.35. The number of aliphatic hydroxyl groups excluding tert-OH is 1. The highest BCUT2D eigenvalue weighted by atomic mass is 79.9. The molecule has 0 radical (unpaired) electrons. The molecule has 1 aromatic rings. The van der Waals surface area contributed by atoms with Crippen molar-refractivity contribution in [1.82, 2.24) is 0 Å². The van der Waals surface area contributed by atoms with E-state index in [1.807, 2.05) is 12.1 Å². The standard InChI is InChI=1S/C10H11BrO/c1-6-2-3-8-7(4-6)5-9(11)10(8)12/h2-4,9-10,12H,5H2,1H3/t9-,10+/m0/s1. The van der Waals surface area contributed by atoms with E-state index in [1.165, 1.54) is 11.1 Å². The van der Waals surface area contributed by atoms with Gasteiger partial charge in [-0.05, 0) is 24.5 Å². The van der Waals surface area contributed by atoms with Gasteiger partial charge in [0, 0.05) is 4.83 Å². The van der Waals surface area contributed by atoms with Crippen LogP contribution in [0.5, 0.6) is 0 Å². The quantitative estimate of drug-likeness (QED) is 0.674. The van der Waals surface area contributed by atoms with Crippen LogP contribution < -0.4 is 0 Å². The molecule has 0 saturated carbocycles. The number of halogens is 1. The monoisotopic (exact) mass is 226 g/mol. The van der Waals surface area contributed by atoms with Crippen LogP contribution in [-0.4, -0.2) is 9.93 Å². The lowest BCUT2D eigenvalue weighted by molar-refractivity contribution is 0.187. The number of fused-ring (bicyclic) bond motifs is 1. The third-order valence-electron chi connectivity index (χ3n) is 2.37. The Morgan fingerprint density at radius 1 is 1.50 bits per heavy atom. The zero-order valence-electron chi connectivity index (χ0n) is 6.92. The second-order valence-corrected chi connectivity index (χ2v) is 4.54. The molecule has 0 fully saturated rings. The van der Waals surface area contributed by atoms with Gasteiger partial charge in [0.25, 0.3) is 0 Å². The fraction of sp³-hybridized carbons (Fsp3) is 0.400. The van der Waals surface area contributed by atoms with E-state index in [0.29, 0.717) is 0 Å². The zero-order chi connectivity index (χ0) is 8.72. The summed E-state index contributed by atoms with van der Waals surface area (Å²) in [6.45, 7) is 2.08. The number of hydrogen-bond donors (Lipinski definition) is 1. The number of aryl methyl sites for hydroxylation is 1. The second kappa shape index (κ2) is 2.86. The van der Waals surface area contributed by atoms with Crippen molar-refractivity contribution in [3.63, 3.8) is 0 Å². The SMILES string of the molecule is Cc1ccc2c(c1)C[C@H](Br)[C@@H]2O. The van der Waals surface area contributed by atoms with Gasteiger partial charge in [-0.1, -0.05) is 39.7 Å². The summed E-state index contributed by atoms with van der Waals surface area (Å²) in [6.07, 6.45) is 0.624. The molecule has 0 aliphatic heterocycles. The minimum absolute atomic E-state index is 0.203. The summed E-state index contributed by atoms with van der Waals surface area (Å²) >= 11 is 3.46. The molecule has 0 unspecified atom stereocenters. The van der Waals surface area contributed by atoms with Crippen molar-refractivity contribution in [2.75, 3.05) is 0 Å². The maximum absolute atomic E-state index is 9.69. The highest BCUT2D eigenvalue weighted by Crippen LogP contribution is 2.35. The Labute approximate surface area is 80.5 Å². The van der Waals surface area contributed by atoms with Crippen LogP contribution in [0, 0.1) is 6.92 Å². The number of alkyl halides is 1. The first-order valence-electron chi connectivity index (χ1n) is 4.10. The van der Waals surface area contributed by atoms with Gasteiger partial charge in [-0.15, -0.1) is 0 Å². The lowest BCUT2D eigenvalue weighted by Crippen LogP contribution is -2.03. The molecule has 2 rings (SSSR count). The van der Waals surface area contributed by atoms with Crippen LogP contribution in [0.25, 0.3) is 0 Å². The third-order valence-corrected chi connectivity index (χ3v) is 3.20. The second-order valence-electron chi connectivity index (χ2n) is 3.37. The van der Waals surface area contributed by atoms with Gasteiger partial charge in [-0.3, -0.25) is 0 Å². The number of aliphatic hydroxyl groups is 1. The van der Waals surface area contributed by atoms with Gasteiger partial charge in [0.1, 0.15) is 0 Å². The highest BCUT2D eigenvalue weighted by Gasteiger charge is 2.28. The van der Waals surface area contributed by atoms with E-state index in [9.17, 15) is 5.11 Å². The van der Waals surface area contributed by atoms with E-state index in [4.69, 9.17) is 0 Å². The van der Waals surface area contributed by atoms with Crippen molar-refractivity contribution < 1.29 is 5.11 Å². The van der Waals surface area contributed by atoms with Crippen molar-refractivity contribution in [3.8, 4) is 0 Å². The summed E-state index contributed by atoms with van der Waals surface area (Å²) in [7, 11) is 0. The van der Waals surface area contributed by atoms with Crippen molar-refractivity contribution in [3.05, 3.63) is 34.9 Å². The predicted molar refractivity (Wildman–Crippen MR) is 52.6 cm³/mol. The van der Waals surface area contributed by atoms with Crippen LogP contribution in [0.1, 0.15) is 22.8 Å². The summed E-state index contributed by atoms with van der Waals surface area (Å²) in [4.78, 5) is 0.203. The Morgan fingerprint density at radius 2 is 2.25 bits per heavy atom.